The van der Waals surface area contributed by atoms with Gasteiger partial charge in [0.1, 0.15) is 5.69 Å². The number of carbonyl (C=O) groups excluding carboxylic acids is 1. The summed E-state index contributed by atoms with van der Waals surface area (Å²) in [5, 5.41) is 11.2. The summed E-state index contributed by atoms with van der Waals surface area (Å²) in [5.74, 6) is 1.34. The molecule has 0 radical (unpaired) electrons. The molecule has 0 bridgehead atoms. The van der Waals surface area contributed by atoms with Gasteiger partial charge in [0.25, 0.3) is 5.91 Å². The van der Waals surface area contributed by atoms with E-state index in [1.165, 1.54) is 11.3 Å². The molecule has 0 spiro atoms. The number of nitrogens with zero attached hydrogens (tertiary/aromatic N) is 5. The Morgan fingerprint density at radius 2 is 2.08 bits per heavy atom. The first-order valence-corrected chi connectivity index (χ1v) is 8.88. The number of benzene rings is 1. The maximum absolute atomic E-state index is 12.7. The van der Waals surface area contributed by atoms with E-state index >= 15 is 0 Å². The number of thiazole rings is 1. The number of fused-ring (bicyclic) bond motifs is 1. The second-order valence-corrected chi connectivity index (χ2v) is 6.88. The number of halogens is 2. The van der Waals surface area contributed by atoms with Gasteiger partial charge in [-0.15, -0.1) is 21.5 Å². The highest BCUT2D eigenvalue weighted by Crippen LogP contribution is 2.25. The van der Waals surface area contributed by atoms with Crippen molar-refractivity contribution in [1.29, 1.82) is 0 Å². The molecule has 0 saturated heterocycles. The summed E-state index contributed by atoms with van der Waals surface area (Å²) in [6.07, 6.45) is 0. The van der Waals surface area contributed by atoms with Gasteiger partial charge >= 0.3 is 0 Å². The molecule has 1 amide bonds. The van der Waals surface area contributed by atoms with Crippen molar-refractivity contribution in [3.8, 4) is 11.5 Å². The molecule has 9 heteroatoms. The predicted octanol–water partition coefficient (Wildman–Crippen LogP) is 3.36. The average molecular weight is 380 g/mol. The van der Waals surface area contributed by atoms with Crippen molar-refractivity contribution in [2.75, 3.05) is 6.54 Å². The van der Waals surface area contributed by atoms with Crippen LogP contribution in [0.3, 0.4) is 0 Å². The molecule has 0 aliphatic carbocycles. The monoisotopic (exact) mass is 379 g/mol. The summed E-state index contributed by atoms with van der Waals surface area (Å²) in [4.78, 5) is 18.7. The molecular weight excluding hydrogens is 369 g/mol. The van der Waals surface area contributed by atoms with Crippen LogP contribution in [0.25, 0.3) is 11.5 Å². The summed E-state index contributed by atoms with van der Waals surface area (Å²) in [6, 6.07) is 4.88. The van der Waals surface area contributed by atoms with Crippen molar-refractivity contribution >= 4 is 40.4 Å². The predicted molar refractivity (Wildman–Crippen MR) is 92.3 cm³/mol. The fourth-order valence-electron chi connectivity index (χ4n) is 2.68. The second kappa shape index (κ2) is 6.16. The minimum absolute atomic E-state index is 0.138. The number of hydrogen-bond acceptors (Lipinski definition) is 5. The van der Waals surface area contributed by atoms with Crippen molar-refractivity contribution in [2.45, 2.75) is 13.1 Å². The third kappa shape index (κ3) is 2.68. The Kier molecular flexibility index (Phi) is 3.99. The summed E-state index contributed by atoms with van der Waals surface area (Å²) in [7, 11) is 0. The van der Waals surface area contributed by atoms with Crippen LogP contribution in [0, 0.1) is 0 Å². The normalized spacial score (nSPS) is 13.8. The van der Waals surface area contributed by atoms with E-state index in [4.69, 9.17) is 23.2 Å². The Morgan fingerprint density at radius 1 is 1.21 bits per heavy atom. The van der Waals surface area contributed by atoms with E-state index in [1.807, 2.05) is 9.95 Å². The average Bonchev–Trinajstić information content (AvgIpc) is 3.22. The van der Waals surface area contributed by atoms with Crippen LogP contribution in [-0.2, 0) is 13.1 Å². The Hall–Kier alpha value is -1.96. The molecule has 0 fully saturated rings. The van der Waals surface area contributed by atoms with Gasteiger partial charge in [0.05, 0.1) is 22.6 Å². The largest absolute Gasteiger partial charge is 0.329 e. The molecule has 2 aromatic heterocycles. The van der Waals surface area contributed by atoms with Crippen molar-refractivity contribution in [3.63, 3.8) is 0 Å². The number of amides is 1. The van der Waals surface area contributed by atoms with Gasteiger partial charge in [0, 0.05) is 23.5 Å². The molecule has 3 heterocycles. The van der Waals surface area contributed by atoms with Crippen LogP contribution < -0.4 is 0 Å². The van der Waals surface area contributed by atoms with Crippen molar-refractivity contribution < 1.29 is 4.79 Å². The minimum Gasteiger partial charge on any atom is -0.329 e. The minimum atomic E-state index is -0.138. The van der Waals surface area contributed by atoms with Crippen LogP contribution in [0.1, 0.15) is 16.2 Å². The Bertz CT molecular complexity index is 909. The van der Waals surface area contributed by atoms with Gasteiger partial charge in [-0.3, -0.25) is 4.79 Å². The second-order valence-electron chi connectivity index (χ2n) is 5.32. The number of rotatable bonds is 2. The summed E-state index contributed by atoms with van der Waals surface area (Å²) in [5.41, 5.74) is 3.01. The van der Waals surface area contributed by atoms with Crippen LogP contribution in [0.15, 0.2) is 29.1 Å². The maximum Gasteiger partial charge on any atom is 0.255 e. The van der Waals surface area contributed by atoms with Crippen LogP contribution in [0.2, 0.25) is 10.0 Å². The van der Waals surface area contributed by atoms with Crippen LogP contribution in [0.5, 0.6) is 0 Å². The molecule has 1 aliphatic heterocycles. The highest BCUT2D eigenvalue weighted by Gasteiger charge is 2.27. The lowest BCUT2D eigenvalue weighted by Gasteiger charge is -2.28. The summed E-state index contributed by atoms with van der Waals surface area (Å²) < 4.78 is 2.00. The van der Waals surface area contributed by atoms with Gasteiger partial charge in [-0.05, 0) is 18.2 Å². The van der Waals surface area contributed by atoms with Gasteiger partial charge in [-0.1, -0.05) is 23.2 Å². The molecule has 0 N–H and O–H groups in total. The molecular formula is C15H11Cl2N5OS. The molecule has 1 aromatic carbocycles. The standard InChI is InChI=1S/C15H11Cl2N5OS/c16-9-1-2-10(11(17)5-9)15(23)21-3-4-22-13(6-21)19-20-14(22)12-7-24-8-18-12/h1-2,5,7-8H,3-4,6H2. The third-order valence-corrected chi connectivity index (χ3v) is 5.00. The molecule has 0 saturated carbocycles. The van der Waals surface area contributed by atoms with E-state index in [2.05, 4.69) is 15.2 Å². The first kappa shape index (κ1) is 15.6. The zero-order valence-corrected chi connectivity index (χ0v) is 14.6. The number of hydrogen-bond donors (Lipinski definition) is 0. The molecule has 4 rings (SSSR count). The van der Waals surface area contributed by atoms with Gasteiger partial charge < -0.3 is 9.47 Å². The summed E-state index contributed by atoms with van der Waals surface area (Å²) in [6.45, 7) is 1.56. The van der Waals surface area contributed by atoms with Crippen LogP contribution in [-0.4, -0.2) is 37.1 Å². The van der Waals surface area contributed by atoms with Gasteiger partial charge in [0.2, 0.25) is 0 Å². The Labute approximate surface area is 151 Å². The van der Waals surface area contributed by atoms with E-state index in [1.54, 1.807) is 28.6 Å². The Morgan fingerprint density at radius 3 is 2.83 bits per heavy atom. The quantitative estimate of drug-likeness (QED) is 0.684. The lowest BCUT2D eigenvalue weighted by molar-refractivity contribution is 0.0708. The number of carbonyl (C=O) groups is 1. The van der Waals surface area contributed by atoms with E-state index in [9.17, 15) is 4.79 Å². The SMILES string of the molecule is O=C(c1ccc(Cl)cc1Cl)N1CCn2c(nnc2-c2cscn2)C1. The van der Waals surface area contributed by atoms with Crippen molar-refractivity contribution in [3.05, 3.63) is 50.5 Å². The topological polar surface area (TPSA) is 63.9 Å². The fourth-order valence-corrected chi connectivity index (χ4v) is 3.70. The van der Waals surface area contributed by atoms with Crippen molar-refractivity contribution in [1.82, 2.24) is 24.6 Å². The molecule has 6 nitrogen and oxygen atoms in total. The van der Waals surface area contributed by atoms with Crippen LogP contribution >= 0.6 is 34.5 Å². The molecule has 122 valence electrons. The lowest BCUT2D eigenvalue weighted by Crippen LogP contribution is -2.38. The highest BCUT2D eigenvalue weighted by molar-refractivity contribution is 7.07. The maximum atomic E-state index is 12.7. The van der Waals surface area contributed by atoms with Gasteiger partial charge in [-0.25, -0.2) is 4.98 Å². The first-order chi connectivity index (χ1) is 11.6. The van der Waals surface area contributed by atoms with E-state index in [0.29, 0.717) is 35.2 Å². The highest BCUT2D eigenvalue weighted by atomic mass is 35.5. The lowest BCUT2D eigenvalue weighted by atomic mass is 10.2. The van der Waals surface area contributed by atoms with E-state index in [0.717, 1.165) is 17.3 Å². The fraction of sp³-hybridized carbons (Fsp3) is 0.200. The van der Waals surface area contributed by atoms with Crippen molar-refractivity contribution in [2.24, 2.45) is 0 Å². The van der Waals surface area contributed by atoms with Gasteiger partial charge in [-0.2, -0.15) is 0 Å². The van der Waals surface area contributed by atoms with Gasteiger partial charge in [0.15, 0.2) is 11.6 Å². The molecule has 3 aromatic rings. The molecule has 0 atom stereocenters. The molecule has 0 unspecified atom stereocenters. The van der Waals surface area contributed by atoms with Crippen LogP contribution in [0.4, 0.5) is 0 Å². The third-order valence-electron chi connectivity index (χ3n) is 3.86. The molecule has 24 heavy (non-hydrogen) atoms. The first-order valence-electron chi connectivity index (χ1n) is 7.18. The smallest absolute Gasteiger partial charge is 0.255 e. The molecule has 1 aliphatic rings. The summed E-state index contributed by atoms with van der Waals surface area (Å²) >= 11 is 13.5. The zero-order chi connectivity index (χ0) is 16.7. The number of aromatic nitrogens is 4. The zero-order valence-electron chi connectivity index (χ0n) is 12.3. The Balaban J connectivity index is 1.60. The van der Waals surface area contributed by atoms with E-state index < -0.39 is 0 Å². The van der Waals surface area contributed by atoms with E-state index in [-0.39, 0.29) is 5.91 Å².